The molecule has 1 heterocycles. The lowest BCUT2D eigenvalue weighted by atomic mass is 9.99. The molecule has 6 heteroatoms. The number of rotatable bonds is 6. The number of carbonyl (C=O) groups excluding carboxylic acids is 1. The maximum absolute atomic E-state index is 12.6. The number of hydrogen-bond donors (Lipinski definition) is 0. The zero-order valence-corrected chi connectivity index (χ0v) is 14.9. The predicted molar refractivity (Wildman–Crippen MR) is 90.6 cm³/mol. The second-order valence-corrected chi connectivity index (χ2v) is 8.61. The van der Waals surface area contributed by atoms with Crippen molar-refractivity contribution in [3.8, 4) is 5.75 Å². The van der Waals surface area contributed by atoms with Gasteiger partial charge in [0.15, 0.2) is 9.84 Å². The van der Waals surface area contributed by atoms with E-state index in [1.54, 1.807) is 36.2 Å². The molecule has 23 heavy (non-hydrogen) atoms. The summed E-state index contributed by atoms with van der Waals surface area (Å²) in [5, 5.41) is 0. The molecule has 1 atom stereocenters. The fourth-order valence-electron chi connectivity index (χ4n) is 2.72. The lowest BCUT2D eigenvalue weighted by molar-refractivity contribution is 0.0638. The quantitative estimate of drug-likeness (QED) is 0.747. The van der Waals surface area contributed by atoms with Crippen LogP contribution in [0.4, 0.5) is 0 Å². The van der Waals surface area contributed by atoms with Gasteiger partial charge in [0.1, 0.15) is 5.75 Å². The number of benzene rings is 1. The number of sulfone groups is 1. The van der Waals surface area contributed by atoms with Crippen LogP contribution in [0.3, 0.4) is 0 Å². The molecular weight excluding hydrogens is 314 g/mol. The molecule has 2 rings (SSSR count). The molecule has 0 spiro atoms. The second-order valence-electron chi connectivity index (χ2n) is 6.43. The summed E-state index contributed by atoms with van der Waals surface area (Å²) in [4.78, 5) is 14.2. The molecular formula is C17H25NO4S. The average molecular weight is 339 g/mol. The summed E-state index contributed by atoms with van der Waals surface area (Å²) in [6.07, 6.45) is 2.55. The summed E-state index contributed by atoms with van der Waals surface area (Å²) < 4.78 is 29.0. The van der Waals surface area contributed by atoms with Gasteiger partial charge >= 0.3 is 0 Å². The lowest BCUT2D eigenvalue weighted by Crippen LogP contribution is -2.48. The predicted octanol–water partition coefficient (Wildman–Crippen LogP) is 2.51. The van der Waals surface area contributed by atoms with Crippen LogP contribution in [0.1, 0.15) is 43.5 Å². The van der Waals surface area contributed by atoms with Gasteiger partial charge in [0.25, 0.3) is 5.91 Å². The Morgan fingerprint density at radius 2 is 1.96 bits per heavy atom. The van der Waals surface area contributed by atoms with Gasteiger partial charge in [0, 0.05) is 12.6 Å². The van der Waals surface area contributed by atoms with E-state index in [0.29, 0.717) is 18.6 Å². The molecule has 1 amide bonds. The van der Waals surface area contributed by atoms with Gasteiger partial charge in [0.05, 0.1) is 23.7 Å². The highest BCUT2D eigenvalue weighted by Gasteiger charge is 2.43. The van der Waals surface area contributed by atoms with Crippen molar-refractivity contribution in [3.63, 3.8) is 0 Å². The van der Waals surface area contributed by atoms with Crippen LogP contribution >= 0.6 is 0 Å². The van der Waals surface area contributed by atoms with Crippen molar-refractivity contribution < 1.29 is 17.9 Å². The zero-order chi connectivity index (χ0) is 17.1. The lowest BCUT2D eigenvalue weighted by Gasteiger charge is -2.34. The number of hydrogen-bond acceptors (Lipinski definition) is 4. The number of ether oxygens (including phenoxy) is 1. The van der Waals surface area contributed by atoms with Crippen LogP contribution in [0.2, 0.25) is 0 Å². The smallest absolute Gasteiger partial charge is 0.254 e. The van der Waals surface area contributed by atoms with Crippen molar-refractivity contribution in [2.45, 2.75) is 38.6 Å². The minimum absolute atomic E-state index is 0.0282. The van der Waals surface area contributed by atoms with Gasteiger partial charge in [-0.15, -0.1) is 0 Å². The van der Waals surface area contributed by atoms with Crippen LogP contribution < -0.4 is 4.74 Å². The van der Waals surface area contributed by atoms with Crippen LogP contribution in [0.5, 0.6) is 5.75 Å². The van der Waals surface area contributed by atoms with E-state index in [2.05, 4.69) is 6.92 Å². The normalized spacial score (nSPS) is 22.7. The Kier molecular flexibility index (Phi) is 5.34. The minimum Gasteiger partial charge on any atom is -0.494 e. The van der Waals surface area contributed by atoms with E-state index in [0.717, 1.165) is 18.6 Å². The highest BCUT2D eigenvalue weighted by molar-refractivity contribution is 7.91. The van der Waals surface area contributed by atoms with Crippen molar-refractivity contribution in [2.24, 2.45) is 0 Å². The number of carbonyl (C=O) groups is 1. The van der Waals surface area contributed by atoms with Crippen molar-refractivity contribution >= 4 is 15.7 Å². The monoisotopic (exact) mass is 339 g/mol. The van der Waals surface area contributed by atoms with Crippen LogP contribution in [-0.4, -0.2) is 49.9 Å². The highest BCUT2D eigenvalue weighted by Crippen LogP contribution is 2.29. The molecule has 1 aliphatic rings. The number of nitrogens with zero attached hydrogens (tertiary/aromatic N) is 1. The van der Waals surface area contributed by atoms with E-state index in [1.165, 1.54) is 0 Å². The van der Waals surface area contributed by atoms with E-state index >= 15 is 0 Å². The molecule has 0 saturated carbocycles. The Morgan fingerprint density at radius 3 is 2.48 bits per heavy atom. The van der Waals surface area contributed by atoms with Crippen LogP contribution in [-0.2, 0) is 9.84 Å². The van der Waals surface area contributed by atoms with Crippen molar-refractivity contribution in [1.82, 2.24) is 4.90 Å². The standard InChI is InChI=1S/C17H25NO4S/c1-4-5-11-22-15-8-6-14(7-9-15)16(19)18(3)17(2)10-12-23(20,21)13-17/h6-9H,4-5,10-13H2,1-3H3. The molecule has 1 saturated heterocycles. The molecule has 0 radical (unpaired) electrons. The molecule has 5 nitrogen and oxygen atoms in total. The molecule has 1 fully saturated rings. The molecule has 128 valence electrons. The first-order valence-corrected chi connectivity index (χ1v) is 9.81. The largest absolute Gasteiger partial charge is 0.494 e. The summed E-state index contributed by atoms with van der Waals surface area (Å²) in [6, 6.07) is 7.02. The SMILES string of the molecule is CCCCOc1ccc(C(=O)N(C)C2(C)CCS(=O)(=O)C2)cc1. The van der Waals surface area contributed by atoms with Crippen LogP contribution in [0.25, 0.3) is 0 Å². The Balaban J connectivity index is 2.05. The van der Waals surface area contributed by atoms with E-state index in [-0.39, 0.29) is 17.4 Å². The topological polar surface area (TPSA) is 63.7 Å². The maximum Gasteiger partial charge on any atom is 0.254 e. The summed E-state index contributed by atoms with van der Waals surface area (Å²) in [5.74, 6) is 0.753. The molecule has 0 bridgehead atoms. The fourth-order valence-corrected chi connectivity index (χ4v) is 4.91. The summed E-state index contributed by atoms with van der Waals surface area (Å²) in [6.45, 7) is 4.60. The minimum atomic E-state index is -3.05. The van der Waals surface area contributed by atoms with Gasteiger partial charge in [-0.3, -0.25) is 4.79 Å². The molecule has 0 aromatic heterocycles. The third-order valence-electron chi connectivity index (χ3n) is 4.46. The fraction of sp³-hybridized carbons (Fsp3) is 0.588. The number of amides is 1. The summed E-state index contributed by atoms with van der Waals surface area (Å²) in [5.41, 5.74) is -0.0903. The first-order chi connectivity index (χ1) is 10.8. The Morgan fingerprint density at radius 1 is 1.30 bits per heavy atom. The first kappa shape index (κ1) is 17.8. The second kappa shape index (κ2) is 6.91. The third-order valence-corrected chi connectivity index (χ3v) is 6.35. The summed E-state index contributed by atoms with van der Waals surface area (Å²) >= 11 is 0. The van der Waals surface area contributed by atoms with Crippen LogP contribution in [0, 0.1) is 0 Å². The molecule has 1 aromatic carbocycles. The first-order valence-electron chi connectivity index (χ1n) is 7.99. The van der Waals surface area contributed by atoms with Crippen molar-refractivity contribution in [3.05, 3.63) is 29.8 Å². The Bertz CT molecular complexity index is 654. The summed E-state index contributed by atoms with van der Waals surface area (Å²) in [7, 11) is -1.37. The van der Waals surface area contributed by atoms with Gasteiger partial charge in [-0.2, -0.15) is 0 Å². The molecule has 0 N–H and O–H groups in total. The van der Waals surface area contributed by atoms with E-state index < -0.39 is 15.4 Å². The van der Waals surface area contributed by atoms with Crippen molar-refractivity contribution in [1.29, 1.82) is 0 Å². The van der Waals surface area contributed by atoms with Gasteiger partial charge in [0.2, 0.25) is 0 Å². The van der Waals surface area contributed by atoms with E-state index in [4.69, 9.17) is 4.74 Å². The Labute approximate surface area is 138 Å². The average Bonchev–Trinajstić information content (AvgIpc) is 2.81. The highest BCUT2D eigenvalue weighted by atomic mass is 32.2. The van der Waals surface area contributed by atoms with Crippen molar-refractivity contribution in [2.75, 3.05) is 25.2 Å². The molecule has 1 aliphatic heterocycles. The number of unbranched alkanes of at least 4 members (excludes halogenated alkanes) is 1. The molecule has 0 aliphatic carbocycles. The third kappa shape index (κ3) is 4.25. The Hall–Kier alpha value is -1.56. The van der Waals surface area contributed by atoms with Gasteiger partial charge in [-0.25, -0.2) is 8.42 Å². The maximum atomic E-state index is 12.6. The zero-order valence-electron chi connectivity index (χ0n) is 14.0. The van der Waals surface area contributed by atoms with Crippen LogP contribution in [0.15, 0.2) is 24.3 Å². The van der Waals surface area contributed by atoms with E-state index in [9.17, 15) is 13.2 Å². The molecule has 1 aromatic rings. The van der Waals surface area contributed by atoms with Gasteiger partial charge < -0.3 is 9.64 Å². The van der Waals surface area contributed by atoms with E-state index in [1.807, 2.05) is 6.92 Å². The van der Waals surface area contributed by atoms with Gasteiger partial charge in [-0.05, 0) is 44.0 Å². The molecule has 1 unspecified atom stereocenters. The van der Waals surface area contributed by atoms with Gasteiger partial charge in [-0.1, -0.05) is 13.3 Å².